The summed E-state index contributed by atoms with van der Waals surface area (Å²) in [5, 5.41) is 0.608. The quantitative estimate of drug-likeness (QED) is 0.376. The van der Waals surface area contributed by atoms with Gasteiger partial charge in [-0.05, 0) is 12.1 Å². The van der Waals surface area contributed by atoms with Crippen molar-refractivity contribution in [2.75, 3.05) is 0 Å². The van der Waals surface area contributed by atoms with Crippen LogP contribution in [0.1, 0.15) is 15.9 Å². The maximum atomic E-state index is 12.5. The number of rotatable bonds is 2. The number of benzene rings is 2. The van der Waals surface area contributed by atoms with E-state index in [0.29, 0.717) is 16.1 Å². The third-order valence-corrected chi connectivity index (χ3v) is 4.97. The van der Waals surface area contributed by atoms with E-state index < -0.39 is 0 Å². The van der Waals surface area contributed by atoms with E-state index in [-0.39, 0.29) is 18.2 Å². The van der Waals surface area contributed by atoms with E-state index in [4.69, 9.17) is 11.6 Å². The first-order valence-electron chi connectivity index (χ1n) is 5.35. The molecule has 0 unspecified atom stereocenters. The maximum Gasteiger partial charge on any atom is 0.199 e. The molecule has 0 bridgehead atoms. The Labute approximate surface area is 130 Å². The van der Waals surface area contributed by atoms with Crippen LogP contribution in [0, 0.1) is 0 Å². The highest BCUT2D eigenvalue weighted by molar-refractivity contribution is 8.74. The molecule has 0 aromatic heterocycles. The van der Waals surface area contributed by atoms with Gasteiger partial charge in [-0.2, -0.15) is 0 Å². The molecule has 0 saturated carbocycles. The Morgan fingerprint density at radius 3 is 2.63 bits per heavy atom. The number of ketones is 1. The smallest absolute Gasteiger partial charge is 0.199 e. The van der Waals surface area contributed by atoms with Crippen LogP contribution < -0.4 is 17.1 Å². The van der Waals surface area contributed by atoms with Gasteiger partial charge in [0.15, 0.2) is 22.5 Å². The zero-order chi connectivity index (χ0) is 12.5. The molecule has 0 fully saturated rings. The van der Waals surface area contributed by atoms with Crippen molar-refractivity contribution in [3.63, 3.8) is 0 Å². The van der Waals surface area contributed by atoms with Crippen LogP contribution in [0.3, 0.4) is 0 Å². The van der Waals surface area contributed by atoms with Crippen LogP contribution in [-0.2, 0) is 0 Å². The number of hydrogen-bond acceptors (Lipinski definition) is 3. The minimum Gasteiger partial charge on any atom is -1.00 e. The van der Waals surface area contributed by atoms with E-state index in [0.717, 1.165) is 10.6 Å². The zero-order valence-corrected chi connectivity index (χ0v) is 12.7. The summed E-state index contributed by atoms with van der Waals surface area (Å²) in [4.78, 5) is 13.5. The van der Waals surface area contributed by atoms with E-state index in [2.05, 4.69) is 0 Å². The van der Waals surface area contributed by atoms with Gasteiger partial charge < -0.3 is 12.4 Å². The third-order valence-electron chi connectivity index (χ3n) is 2.69. The van der Waals surface area contributed by atoms with Crippen LogP contribution in [-0.4, -0.2) is 5.78 Å². The van der Waals surface area contributed by atoms with Crippen molar-refractivity contribution in [3.05, 3.63) is 58.6 Å². The lowest BCUT2D eigenvalue weighted by molar-refractivity contribution is -0.375. The molecule has 1 heterocycles. The first-order valence-corrected chi connectivity index (χ1v) is 7.94. The highest BCUT2D eigenvalue weighted by Crippen LogP contribution is 2.41. The lowest BCUT2D eigenvalue weighted by Gasteiger charge is -2.04. The van der Waals surface area contributed by atoms with E-state index in [1.807, 2.05) is 41.1 Å². The van der Waals surface area contributed by atoms with E-state index >= 15 is 0 Å². The van der Waals surface area contributed by atoms with Crippen LogP contribution in [0.2, 0.25) is 5.02 Å². The molecule has 2 N–H and O–H groups in total. The van der Waals surface area contributed by atoms with E-state index in [1.165, 1.54) is 0 Å². The number of quaternary nitrogens is 1. The van der Waals surface area contributed by atoms with Crippen LogP contribution in [0.15, 0.2) is 47.4 Å². The summed E-state index contributed by atoms with van der Waals surface area (Å²) in [7, 11) is 3.25. The van der Waals surface area contributed by atoms with Crippen molar-refractivity contribution in [1.29, 1.82) is 0 Å². The standard InChI is InChI=1S/C13H8ClNOS2.ClH/c14-9-6-10(12-11(7-9)17-18-15-12)13(16)8-4-2-1-3-5-8;/h1-7,15H;1H. The lowest BCUT2D eigenvalue weighted by Crippen LogP contribution is -3.00. The van der Waals surface area contributed by atoms with Crippen LogP contribution in [0.5, 0.6) is 0 Å². The fourth-order valence-electron chi connectivity index (χ4n) is 1.84. The average molecular weight is 330 g/mol. The summed E-state index contributed by atoms with van der Waals surface area (Å²) in [6.07, 6.45) is 0. The Morgan fingerprint density at radius 2 is 1.89 bits per heavy atom. The van der Waals surface area contributed by atoms with Crippen molar-refractivity contribution < 1.29 is 21.9 Å². The zero-order valence-electron chi connectivity index (χ0n) is 9.60. The summed E-state index contributed by atoms with van der Waals surface area (Å²) in [5.74, 6) is 0.0219. The Balaban J connectivity index is 0.00000133. The van der Waals surface area contributed by atoms with Gasteiger partial charge in [0, 0.05) is 21.4 Å². The number of nitrogens with two attached hydrogens (primary N) is 1. The van der Waals surface area contributed by atoms with Crippen molar-refractivity contribution in [2.24, 2.45) is 0 Å². The second-order valence-corrected chi connectivity index (χ2v) is 6.41. The van der Waals surface area contributed by atoms with Crippen molar-refractivity contribution in [2.45, 2.75) is 4.90 Å². The monoisotopic (exact) mass is 329 g/mol. The first-order chi connectivity index (χ1) is 8.75. The fourth-order valence-corrected chi connectivity index (χ4v) is 4.29. The Kier molecular flexibility index (Phi) is 4.81. The third kappa shape index (κ3) is 2.93. The molecule has 1 aliphatic rings. The molecule has 19 heavy (non-hydrogen) atoms. The number of hydrogen-bond donors (Lipinski definition) is 1. The highest BCUT2D eigenvalue weighted by atomic mass is 35.5. The topological polar surface area (TPSA) is 33.7 Å². The van der Waals surface area contributed by atoms with Crippen molar-refractivity contribution in [3.8, 4) is 0 Å². The predicted octanol–water partition coefficient (Wildman–Crippen LogP) is 0.439. The summed E-state index contributed by atoms with van der Waals surface area (Å²) in [6.45, 7) is 0. The van der Waals surface area contributed by atoms with Gasteiger partial charge >= 0.3 is 0 Å². The highest BCUT2D eigenvalue weighted by Gasteiger charge is 2.26. The second kappa shape index (κ2) is 6.20. The van der Waals surface area contributed by atoms with Crippen LogP contribution >= 0.6 is 33.4 Å². The molecule has 98 valence electrons. The molecule has 2 aromatic rings. The fraction of sp³-hybridized carbons (Fsp3) is 0. The summed E-state index contributed by atoms with van der Waals surface area (Å²) in [6, 6.07) is 12.9. The van der Waals surface area contributed by atoms with Crippen molar-refractivity contribution >= 4 is 44.8 Å². The van der Waals surface area contributed by atoms with Crippen LogP contribution in [0.25, 0.3) is 0 Å². The van der Waals surface area contributed by atoms with Gasteiger partial charge in [0.2, 0.25) is 0 Å². The molecule has 2 nitrogen and oxygen atoms in total. The summed E-state index contributed by atoms with van der Waals surface area (Å²) in [5.41, 5.74) is 2.36. The van der Waals surface area contributed by atoms with E-state index in [9.17, 15) is 4.79 Å². The van der Waals surface area contributed by atoms with Gasteiger partial charge in [0.25, 0.3) is 0 Å². The average Bonchev–Trinajstić information content (AvgIpc) is 2.86. The Hall–Kier alpha value is -0.650. The SMILES string of the molecule is O=C(c1ccccc1)c1cc(Cl)cc2c1[NH2+]SS2.[Cl-]. The number of carbonyl (C=O) groups excluding carboxylic acids is 1. The van der Waals surface area contributed by atoms with Gasteiger partial charge in [-0.3, -0.25) is 4.79 Å². The Bertz CT molecular complexity index is 620. The number of halogens is 2. The summed E-state index contributed by atoms with van der Waals surface area (Å²) >= 11 is 6.07. The van der Waals surface area contributed by atoms with Gasteiger partial charge in [-0.1, -0.05) is 41.9 Å². The lowest BCUT2D eigenvalue weighted by atomic mass is 10.0. The molecule has 0 radical (unpaired) electrons. The molecule has 0 saturated heterocycles. The van der Waals surface area contributed by atoms with Crippen molar-refractivity contribution in [1.82, 2.24) is 0 Å². The van der Waals surface area contributed by atoms with Gasteiger partial charge in [0.1, 0.15) is 0 Å². The largest absolute Gasteiger partial charge is 1.00 e. The van der Waals surface area contributed by atoms with Crippen LogP contribution in [0.4, 0.5) is 5.69 Å². The maximum absolute atomic E-state index is 12.5. The molecule has 0 spiro atoms. The summed E-state index contributed by atoms with van der Waals surface area (Å²) < 4.78 is 2.01. The molecule has 3 rings (SSSR count). The molecule has 2 aromatic carbocycles. The number of carbonyl (C=O) groups is 1. The minimum atomic E-state index is 0. The van der Waals surface area contributed by atoms with Gasteiger partial charge in [0.05, 0.1) is 10.5 Å². The molecule has 0 atom stereocenters. The molecular weight excluding hydrogens is 321 g/mol. The minimum absolute atomic E-state index is 0. The van der Waals surface area contributed by atoms with E-state index in [1.54, 1.807) is 27.8 Å². The Morgan fingerprint density at radius 1 is 1.16 bits per heavy atom. The van der Waals surface area contributed by atoms with Gasteiger partial charge in [-0.15, -0.1) is 0 Å². The molecule has 1 aliphatic heterocycles. The first kappa shape index (κ1) is 14.8. The molecule has 0 amide bonds. The second-order valence-electron chi connectivity index (χ2n) is 3.86. The molecule has 6 heteroatoms. The normalized spacial score (nSPS) is 12.7. The molecule has 0 aliphatic carbocycles. The molecular formula is C13H9Cl2NOS2. The van der Waals surface area contributed by atoms with Gasteiger partial charge in [-0.25, -0.2) is 4.72 Å². The number of fused-ring (bicyclic) bond motifs is 1. The predicted molar refractivity (Wildman–Crippen MR) is 76.4 cm³/mol.